The first-order valence-corrected chi connectivity index (χ1v) is 9.83. The maximum atomic E-state index is 5.44. The molecule has 138 valence electrons. The number of hydrogen-bond acceptors (Lipinski definition) is 7. The van der Waals surface area contributed by atoms with Gasteiger partial charge in [-0.1, -0.05) is 29.5 Å². The Morgan fingerprint density at radius 2 is 1.67 bits per heavy atom. The molecule has 2 aromatic carbocycles. The number of ether oxygens (including phenoxy) is 3. The third-order valence-electron chi connectivity index (χ3n) is 4.02. The van der Waals surface area contributed by atoms with Crippen LogP contribution in [-0.4, -0.2) is 41.1 Å². The third kappa shape index (κ3) is 3.10. The molecule has 2 aromatic heterocycles. The van der Waals surface area contributed by atoms with Gasteiger partial charge in [0.15, 0.2) is 17.3 Å². The lowest BCUT2D eigenvalue weighted by Crippen LogP contribution is -1.97. The number of hydrogen-bond donors (Lipinski definition) is 0. The first kappa shape index (κ1) is 18.0. The minimum atomic E-state index is 0.530. The smallest absolute Gasteiger partial charge is 0.235 e. The van der Waals surface area contributed by atoms with Crippen molar-refractivity contribution in [1.29, 1.82) is 0 Å². The van der Waals surface area contributed by atoms with Crippen LogP contribution in [0.3, 0.4) is 0 Å². The van der Waals surface area contributed by atoms with Gasteiger partial charge in [-0.05, 0) is 40.8 Å². The summed E-state index contributed by atoms with van der Waals surface area (Å²) in [7, 11) is 4.74. The summed E-state index contributed by atoms with van der Waals surface area (Å²) < 4.78 is 19.1. The van der Waals surface area contributed by atoms with Gasteiger partial charge in [-0.25, -0.2) is 0 Å². The number of benzene rings is 2. The fraction of sp³-hybridized carbons (Fsp3) is 0.167. The zero-order chi connectivity index (χ0) is 19.0. The van der Waals surface area contributed by atoms with Crippen molar-refractivity contribution in [2.24, 2.45) is 0 Å². The number of nitrogens with zero attached hydrogens (tertiary/aromatic N) is 4. The van der Waals surface area contributed by atoms with Crippen molar-refractivity contribution < 1.29 is 14.2 Å². The molecule has 0 aliphatic carbocycles. The summed E-state index contributed by atoms with van der Waals surface area (Å²) in [5.41, 5.74) is 1.85. The van der Waals surface area contributed by atoms with E-state index < -0.39 is 0 Å². The Morgan fingerprint density at radius 1 is 0.963 bits per heavy atom. The van der Waals surface area contributed by atoms with E-state index in [4.69, 9.17) is 19.3 Å². The normalized spacial score (nSPS) is 11.0. The molecule has 2 heterocycles. The summed E-state index contributed by atoms with van der Waals surface area (Å²) in [5.74, 6) is 2.24. The highest BCUT2D eigenvalue weighted by molar-refractivity contribution is 14.1. The van der Waals surface area contributed by atoms with Crippen molar-refractivity contribution in [1.82, 2.24) is 19.8 Å². The molecular weight excluding hydrogens is 479 g/mol. The van der Waals surface area contributed by atoms with Crippen LogP contribution in [0.2, 0.25) is 0 Å². The second kappa shape index (κ2) is 7.31. The van der Waals surface area contributed by atoms with Crippen LogP contribution in [0.15, 0.2) is 36.4 Å². The zero-order valence-corrected chi connectivity index (χ0v) is 17.7. The molecule has 0 spiro atoms. The Balaban J connectivity index is 1.87. The number of fused-ring (bicyclic) bond motifs is 1. The van der Waals surface area contributed by atoms with Crippen LogP contribution >= 0.6 is 33.9 Å². The molecule has 9 heteroatoms. The lowest BCUT2D eigenvalue weighted by Gasteiger charge is -2.13. The van der Waals surface area contributed by atoms with Crippen molar-refractivity contribution in [3.63, 3.8) is 0 Å². The summed E-state index contributed by atoms with van der Waals surface area (Å²) in [6.07, 6.45) is 0. The molecule has 27 heavy (non-hydrogen) atoms. The standard InChI is InChI=1S/C18H15IN4O3S/c1-24-13-8-10(9-14(25-2)15(13)26-3)16-20-21-18-23(16)22-17(27-18)11-6-4-5-7-12(11)19/h4-9H,1-3H3. The molecular formula is C18H15IN4O3S. The minimum absolute atomic E-state index is 0.530. The maximum Gasteiger partial charge on any atom is 0.235 e. The maximum absolute atomic E-state index is 5.44. The van der Waals surface area contributed by atoms with E-state index in [0.29, 0.717) is 28.0 Å². The Morgan fingerprint density at radius 3 is 2.30 bits per heavy atom. The van der Waals surface area contributed by atoms with Crippen LogP contribution in [0.5, 0.6) is 17.2 Å². The first-order valence-electron chi connectivity index (χ1n) is 7.93. The van der Waals surface area contributed by atoms with E-state index in [-0.39, 0.29) is 0 Å². The van der Waals surface area contributed by atoms with Gasteiger partial charge in [0.05, 0.1) is 21.3 Å². The summed E-state index contributed by atoms with van der Waals surface area (Å²) in [4.78, 5) is 0.716. The van der Waals surface area contributed by atoms with Gasteiger partial charge in [-0.3, -0.25) is 0 Å². The average molecular weight is 494 g/mol. The molecule has 0 atom stereocenters. The molecule has 0 saturated carbocycles. The molecule has 0 amide bonds. The van der Waals surface area contributed by atoms with E-state index >= 15 is 0 Å². The lowest BCUT2D eigenvalue weighted by molar-refractivity contribution is 0.324. The minimum Gasteiger partial charge on any atom is -0.493 e. The van der Waals surface area contributed by atoms with Crippen molar-refractivity contribution >= 4 is 38.9 Å². The highest BCUT2D eigenvalue weighted by Crippen LogP contribution is 2.41. The highest BCUT2D eigenvalue weighted by Gasteiger charge is 2.20. The van der Waals surface area contributed by atoms with Gasteiger partial charge in [0, 0.05) is 14.7 Å². The zero-order valence-electron chi connectivity index (χ0n) is 14.8. The Bertz CT molecular complexity index is 1100. The average Bonchev–Trinajstić information content (AvgIpc) is 3.27. The number of rotatable bonds is 5. The lowest BCUT2D eigenvalue weighted by atomic mass is 10.1. The number of aromatic nitrogens is 4. The van der Waals surface area contributed by atoms with E-state index in [2.05, 4.69) is 38.9 Å². The van der Waals surface area contributed by atoms with Crippen LogP contribution < -0.4 is 14.2 Å². The molecule has 0 aliphatic rings. The van der Waals surface area contributed by atoms with Crippen LogP contribution in [0.25, 0.3) is 26.9 Å². The van der Waals surface area contributed by atoms with Gasteiger partial charge in [0.2, 0.25) is 10.7 Å². The number of methoxy groups -OCH3 is 3. The van der Waals surface area contributed by atoms with Crippen LogP contribution in [0.4, 0.5) is 0 Å². The van der Waals surface area contributed by atoms with Crippen LogP contribution in [0, 0.1) is 3.57 Å². The SMILES string of the molecule is COc1cc(-c2nnc3sc(-c4ccccc4I)nn23)cc(OC)c1OC. The molecule has 7 nitrogen and oxygen atoms in total. The predicted molar refractivity (Wildman–Crippen MR) is 112 cm³/mol. The Labute approximate surface area is 173 Å². The van der Waals surface area contributed by atoms with E-state index in [1.165, 1.54) is 11.3 Å². The van der Waals surface area contributed by atoms with Gasteiger partial charge < -0.3 is 14.2 Å². The predicted octanol–water partition coefficient (Wildman–Crippen LogP) is 4.15. The molecule has 0 N–H and O–H groups in total. The Hall–Kier alpha value is -2.40. The quantitative estimate of drug-likeness (QED) is 0.389. The third-order valence-corrected chi connectivity index (χ3v) is 5.89. The molecule has 0 radical (unpaired) electrons. The summed E-state index contributed by atoms with van der Waals surface area (Å²) >= 11 is 3.80. The second-order valence-corrected chi connectivity index (χ2v) is 7.64. The van der Waals surface area contributed by atoms with E-state index in [0.717, 1.165) is 19.7 Å². The van der Waals surface area contributed by atoms with Crippen LogP contribution in [0.1, 0.15) is 0 Å². The van der Waals surface area contributed by atoms with Crippen LogP contribution in [-0.2, 0) is 0 Å². The summed E-state index contributed by atoms with van der Waals surface area (Å²) in [5, 5.41) is 14.2. The highest BCUT2D eigenvalue weighted by atomic mass is 127. The molecule has 0 bridgehead atoms. The van der Waals surface area contributed by atoms with Gasteiger partial charge in [-0.15, -0.1) is 10.2 Å². The molecule has 0 saturated heterocycles. The molecule has 0 fully saturated rings. The van der Waals surface area contributed by atoms with Crippen molar-refractivity contribution in [3.05, 3.63) is 40.0 Å². The molecule has 4 aromatic rings. The monoisotopic (exact) mass is 494 g/mol. The van der Waals surface area contributed by atoms with Crippen molar-refractivity contribution in [2.75, 3.05) is 21.3 Å². The molecule has 0 unspecified atom stereocenters. The van der Waals surface area contributed by atoms with E-state index in [1.54, 1.807) is 25.8 Å². The van der Waals surface area contributed by atoms with Gasteiger partial charge in [0.1, 0.15) is 5.01 Å². The van der Waals surface area contributed by atoms with Crippen molar-refractivity contribution in [3.8, 4) is 39.2 Å². The Kier molecular flexibility index (Phi) is 4.87. The fourth-order valence-electron chi connectivity index (χ4n) is 2.75. The first-order chi connectivity index (χ1) is 13.2. The topological polar surface area (TPSA) is 70.8 Å². The molecule has 4 rings (SSSR count). The van der Waals surface area contributed by atoms with E-state index in [9.17, 15) is 0 Å². The summed E-state index contributed by atoms with van der Waals surface area (Å²) in [6.45, 7) is 0. The van der Waals surface area contributed by atoms with Gasteiger partial charge in [-0.2, -0.15) is 9.61 Å². The van der Waals surface area contributed by atoms with E-state index in [1.807, 2.05) is 30.3 Å². The second-order valence-electron chi connectivity index (χ2n) is 5.52. The van der Waals surface area contributed by atoms with Gasteiger partial charge in [0.25, 0.3) is 0 Å². The fourth-order valence-corrected chi connectivity index (χ4v) is 4.46. The number of halogens is 1. The molecule has 0 aliphatic heterocycles. The largest absolute Gasteiger partial charge is 0.493 e. The van der Waals surface area contributed by atoms with Gasteiger partial charge >= 0.3 is 0 Å². The summed E-state index contributed by atoms with van der Waals surface area (Å²) in [6, 6.07) is 11.8. The van der Waals surface area contributed by atoms with Crippen molar-refractivity contribution in [2.45, 2.75) is 0 Å².